The molecule has 1 aliphatic rings. The predicted molar refractivity (Wildman–Crippen MR) is 60.8 cm³/mol. The fourth-order valence-corrected chi connectivity index (χ4v) is 2.05. The van der Waals surface area contributed by atoms with Crippen LogP contribution in [0.1, 0.15) is 6.92 Å². The van der Waals surface area contributed by atoms with Crippen molar-refractivity contribution in [3.05, 3.63) is 18.5 Å². The Morgan fingerprint density at radius 2 is 2.24 bits per heavy atom. The fraction of sp³-hybridized carbons (Fsp3) is 0.545. The van der Waals surface area contributed by atoms with Gasteiger partial charge in [0.05, 0.1) is 19.3 Å². The largest absolute Gasteiger partial charge is 0.481 e. The second-order valence-electron chi connectivity index (χ2n) is 3.88. The summed E-state index contributed by atoms with van der Waals surface area (Å²) in [6, 6.07) is 1.54. The predicted octanol–water partition coefficient (Wildman–Crippen LogP) is 0.402. The van der Waals surface area contributed by atoms with Gasteiger partial charge in [0.1, 0.15) is 5.92 Å². The number of carboxylic acids is 1. The normalized spacial score (nSPS) is 23.6. The number of nitrogens with zero attached hydrogens (tertiary/aromatic N) is 3. The van der Waals surface area contributed by atoms with Gasteiger partial charge in [0.2, 0.25) is 5.95 Å². The smallest absolute Gasteiger partial charge is 0.311 e. The highest BCUT2D eigenvalue weighted by Gasteiger charge is 2.38. The molecule has 6 heteroatoms. The number of anilines is 1. The molecule has 0 saturated carbocycles. The third-order valence-corrected chi connectivity index (χ3v) is 2.92. The standard InChI is InChI=1S/C11H15N3O3/c1-2-14(11-12-4-3-5-13-11)9-7-17-6-8(9)10(15)16/h3-5,8-9H,2,6-7H2,1H3,(H,15,16). The van der Waals surface area contributed by atoms with Crippen LogP contribution in [0, 0.1) is 5.92 Å². The molecule has 0 aromatic carbocycles. The molecule has 17 heavy (non-hydrogen) atoms. The zero-order chi connectivity index (χ0) is 12.3. The van der Waals surface area contributed by atoms with Crippen molar-refractivity contribution in [2.45, 2.75) is 13.0 Å². The van der Waals surface area contributed by atoms with Gasteiger partial charge in [-0.15, -0.1) is 0 Å². The molecule has 92 valence electrons. The van der Waals surface area contributed by atoms with Gasteiger partial charge in [-0.3, -0.25) is 4.79 Å². The second kappa shape index (κ2) is 5.09. The molecule has 2 rings (SSSR count). The molecule has 0 spiro atoms. The summed E-state index contributed by atoms with van der Waals surface area (Å²) in [7, 11) is 0. The van der Waals surface area contributed by atoms with Gasteiger partial charge in [-0.2, -0.15) is 0 Å². The molecule has 1 aromatic heterocycles. The van der Waals surface area contributed by atoms with Crippen molar-refractivity contribution in [1.29, 1.82) is 0 Å². The van der Waals surface area contributed by atoms with E-state index in [0.29, 0.717) is 19.1 Å². The van der Waals surface area contributed by atoms with Crippen LogP contribution in [0.3, 0.4) is 0 Å². The summed E-state index contributed by atoms with van der Waals surface area (Å²) in [4.78, 5) is 21.3. The lowest BCUT2D eigenvalue weighted by molar-refractivity contribution is -0.141. The number of aromatic nitrogens is 2. The van der Waals surface area contributed by atoms with E-state index >= 15 is 0 Å². The molecule has 6 nitrogen and oxygen atoms in total. The highest BCUT2D eigenvalue weighted by molar-refractivity contribution is 5.72. The van der Waals surface area contributed by atoms with Gasteiger partial charge in [0, 0.05) is 18.9 Å². The molecule has 0 amide bonds. The summed E-state index contributed by atoms with van der Waals surface area (Å²) >= 11 is 0. The quantitative estimate of drug-likeness (QED) is 0.817. The molecular weight excluding hydrogens is 222 g/mol. The SMILES string of the molecule is CCN(c1ncccn1)C1COCC1C(=O)O. The number of carbonyl (C=O) groups is 1. The molecule has 0 radical (unpaired) electrons. The summed E-state index contributed by atoms with van der Waals surface area (Å²) in [6.07, 6.45) is 3.30. The van der Waals surface area contributed by atoms with E-state index in [9.17, 15) is 4.79 Å². The topological polar surface area (TPSA) is 75.5 Å². The first kappa shape index (κ1) is 11.8. The number of likely N-dealkylation sites (N-methyl/N-ethyl adjacent to an activating group) is 1. The Labute approximate surface area is 99.2 Å². The van der Waals surface area contributed by atoms with E-state index in [2.05, 4.69) is 9.97 Å². The van der Waals surface area contributed by atoms with Crippen molar-refractivity contribution in [3.63, 3.8) is 0 Å². The van der Waals surface area contributed by atoms with E-state index < -0.39 is 11.9 Å². The van der Waals surface area contributed by atoms with Gasteiger partial charge in [-0.05, 0) is 13.0 Å². The first-order valence-corrected chi connectivity index (χ1v) is 5.58. The van der Waals surface area contributed by atoms with E-state index in [1.165, 1.54) is 0 Å². The van der Waals surface area contributed by atoms with Gasteiger partial charge in [-0.1, -0.05) is 0 Å². The Balaban J connectivity index is 2.21. The second-order valence-corrected chi connectivity index (χ2v) is 3.88. The van der Waals surface area contributed by atoms with Gasteiger partial charge in [-0.25, -0.2) is 9.97 Å². The Kier molecular flexibility index (Phi) is 3.53. The van der Waals surface area contributed by atoms with Crippen LogP contribution in [0.2, 0.25) is 0 Å². The molecule has 1 fully saturated rings. The summed E-state index contributed by atoms with van der Waals surface area (Å²) in [5.74, 6) is -0.794. The molecule has 1 aromatic rings. The maximum Gasteiger partial charge on any atom is 0.311 e. The minimum Gasteiger partial charge on any atom is -0.481 e. The summed E-state index contributed by atoms with van der Waals surface area (Å²) in [5, 5.41) is 9.13. The first-order chi connectivity index (χ1) is 8.24. The zero-order valence-electron chi connectivity index (χ0n) is 9.61. The van der Waals surface area contributed by atoms with Crippen molar-refractivity contribution in [2.75, 3.05) is 24.7 Å². The van der Waals surface area contributed by atoms with Crippen LogP contribution >= 0.6 is 0 Å². The molecule has 2 heterocycles. The number of hydrogen-bond donors (Lipinski definition) is 1. The molecule has 1 N–H and O–H groups in total. The van der Waals surface area contributed by atoms with Crippen LogP contribution < -0.4 is 4.90 Å². The molecule has 2 atom stereocenters. The summed E-state index contributed by atoms with van der Waals surface area (Å²) in [5.41, 5.74) is 0. The van der Waals surface area contributed by atoms with Crippen molar-refractivity contribution in [2.24, 2.45) is 5.92 Å². The number of rotatable bonds is 4. The van der Waals surface area contributed by atoms with Crippen molar-refractivity contribution < 1.29 is 14.6 Å². The number of hydrogen-bond acceptors (Lipinski definition) is 5. The minimum absolute atomic E-state index is 0.195. The number of carboxylic acid groups (broad SMARTS) is 1. The lowest BCUT2D eigenvalue weighted by atomic mass is 10.0. The lowest BCUT2D eigenvalue weighted by Crippen LogP contribution is -2.44. The van der Waals surface area contributed by atoms with Gasteiger partial charge < -0.3 is 14.7 Å². The zero-order valence-corrected chi connectivity index (χ0v) is 9.61. The minimum atomic E-state index is -0.832. The molecular formula is C11H15N3O3. The third-order valence-electron chi connectivity index (χ3n) is 2.92. The molecule has 0 bridgehead atoms. The van der Waals surface area contributed by atoms with E-state index in [1.54, 1.807) is 18.5 Å². The lowest BCUT2D eigenvalue weighted by Gasteiger charge is -2.28. The van der Waals surface area contributed by atoms with Gasteiger partial charge >= 0.3 is 5.97 Å². The van der Waals surface area contributed by atoms with Crippen LogP contribution in [-0.4, -0.2) is 46.8 Å². The maximum atomic E-state index is 11.1. The van der Waals surface area contributed by atoms with Crippen LogP contribution in [0.5, 0.6) is 0 Å². The molecule has 1 aliphatic heterocycles. The summed E-state index contributed by atoms with van der Waals surface area (Å²) in [6.45, 7) is 3.27. The number of ether oxygens (including phenoxy) is 1. The van der Waals surface area contributed by atoms with Crippen molar-refractivity contribution >= 4 is 11.9 Å². The van der Waals surface area contributed by atoms with Crippen molar-refractivity contribution in [1.82, 2.24) is 9.97 Å². The van der Waals surface area contributed by atoms with Crippen LogP contribution in [0.15, 0.2) is 18.5 Å². The molecule has 2 unspecified atom stereocenters. The fourth-order valence-electron chi connectivity index (χ4n) is 2.05. The van der Waals surface area contributed by atoms with Gasteiger partial charge in [0.15, 0.2) is 0 Å². The van der Waals surface area contributed by atoms with E-state index in [-0.39, 0.29) is 12.6 Å². The van der Waals surface area contributed by atoms with Crippen LogP contribution in [0.4, 0.5) is 5.95 Å². The van der Waals surface area contributed by atoms with Crippen LogP contribution in [-0.2, 0) is 9.53 Å². The Bertz CT molecular complexity index is 385. The Hall–Kier alpha value is -1.69. The Morgan fingerprint density at radius 3 is 2.82 bits per heavy atom. The third kappa shape index (κ3) is 2.36. The summed E-state index contributed by atoms with van der Waals surface area (Å²) < 4.78 is 5.26. The average molecular weight is 237 g/mol. The first-order valence-electron chi connectivity index (χ1n) is 5.58. The molecule has 1 saturated heterocycles. The van der Waals surface area contributed by atoms with E-state index in [0.717, 1.165) is 0 Å². The maximum absolute atomic E-state index is 11.1. The van der Waals surface area contributed by atoms with Crippen LogP contribution in [0.25, 0.3) is 0 Å². The Morgan fingerprint density at radius 1 is 1.53 bits per heavy atom. The monoisotopic (exact) mass is 237 g/mol. The van der Waals surface area contributed by atoms with E-state index in [1.807, 2.05) is 11.8 Å². The van der Waals surface area contributed by atoms with Gasteiger partial charge in [0.25, 0.3) is 0 Å². The highest BCUT2D eigenvalue weighted by atomic mass is 16.5. The number of aliphatic carboxylic acids is 1. The molecule has 0 aliphatic carbocycles. The highest BCUT2D eigenvalue weighted by Crippen LogP contribution is 2.22. The van der Waals surface area contributed by atoms with E-state index in [4.69, 9.17) is 9.84 Å². The average Bonchev–Trinajstić information content (AvgIpc) is 2.81. The van der Waals surface area contributed by atoms with Crippen molar-refractivity contribution in [3.8, 4) is 0 Å².